The molecule has 1 aromatic rings. The minimum atomic E-state index is 0.230. The third-order valence-corrected chi connectivity index (χ3v) is 4.11. The maximum absolute atomic E-state index is 9.16. The van der Waals surface area contributed by atoms with Crippen LogP contribution in [0.2, 0.25) is 0 Å². The number of ether oxygens (including phenoxy) is 1. The van der Waals surface area contributed by atoms with Crippen LogP contribution in [0.1, 0.15) is 24.0 Å². The van der Waals surface area contributed by atoms with Crippen LogP contribution in [0.5, 0.6) is 5.75 Å². The van der Waals surface area contributed by atoms with Gasteiger partial charge in [0.15, 0.2) is 0 Å². The Bertz CT molecular complexity index is 446. The molecule has 1 fully saturated rings. The van der Waals surface area contributed by atoms with Crippen molar-refractivity contribution in [3.63, 3.8) is 0 Å². The average molecular weight is 312 g/mol. The first-order chi connectivity index (χ1) is 8.78. The van der Waals surface area contributed by atoms with Crippen molar-refractivity contribution >= 4 is 15.9 Å². The van der Waals surface area contributed by atoms with Gasteiger partial charge in [-0.25, -0.2) is 0 Å². The van der Waals surface area contributed by atoms with Crippen LogP contribution in [-0.4, -0.2) is 35.8 Å². The van der Waals surface area contributed by atoms with Crippen LogP contribution in [-0.2, 0) is 13.0 Å². The Morgan fingerprint density at radius 2 is 2.22 bits per heavy atom. The van der Waals surface area contributed by atoms with E-state index in [-0.39, 0.29) is 6.61 Å². The van der Waals surface area contributed by atoms with Crippen molar-refractivity contribution in [2.45, 2.75) is 31.8 Å². The van der Waals surface area contributed by atoms with Crippen molar-refractivity contribution < 1.29 is 9.84 Å². The summed E-state index contributed by atoms with van der Waals surface area (Å²) in [7, 11) is 0. The first kappa shape index (κ1) is 12.5. The highest BCUT2D eigenvalue weighted by Gasteiger charge is 2.30. The molecule has 1 N–H and O–H groups in total. The van der Waals surface area contributed by atoms with Crippen LogP contribution in [0.3, 0.4) is 0 Å². The highest BCUT2D eigenvalue weighted by Crippen LogP contribution is 2.36. The van der Waals surface area contributed by atoms with E-state index in [4.69, 9.17) is 9.84 Å². The van der Waals surface area contributed by atoms with Gasteiger partial charge in [-0.1, -0.05) is 15.9 Å². The molecule has 0 atom stereocenters. The van der Waals surface area contributed by atoms with Crippen molar-refractivity contribution in [2.75, 3.05) is 19.8 Å². The number of fused-ring (bicyclic) bond motifs is 1. The number of aliphatic hydroxyl groups is 1. The second-order valence-corrected chi connectivity index (χ2v) is 5.99. The maximum atomic E-state index is 9.16. The summed E-state index contributed by atoms with van der Waals surface area (Å²) in [6.07, 6.45) is 3.53. The van der Waals surface area contributed by atoms with E-state index in [1.54, 1.807) is 0 Å². The van der Waals surface area contributed by atoms with E-state index >= 15 is 0 Å². The minimum Gasteiger partial charge on any atom is -0.493 e. The quantitative estimate of drug-likeness (QED) is 0.906. The Labute approximate surface area is 116 Å². The van der Waals surface area contributed by atoms with E-state index in [9.17, 15) is 0 Å². The average Bonchev–Trinajstić information content (AvgIpc) is 3.07. The van der Waals surface area contributed by atoms with Crippen LogP contribution < -0.4 is 4.74 Å². The summed E-state index contributed by atoms with van der Waals surface area (Å²) in [6.45, 7) is 2.66. The number of hydrogen-bond acceptors (Lipinski definition) is 3. The van der Waals surface area contributed by atoms with Crippen molar-refractivity contribution in [2.24, 2.45) is 0 Å². The summed E-state index contributed by atoms with van der Waals surface area (Å²) in [5.74, 6) is 1.07. The first-order valence-electron chi connectivity index (χ1n) is 6.57. The number of nitrogens with zero attached hydrogens (tertiary/aromatic N) is 1. The van der Waals surface area contributed by atoms with Gasteiger partial charge in [-0.15, -0.1) is 0 Å². The molecule has 0 unspecified atom stereocenters. The maximum Gasteiger partial charge on any atom is 0.127 e. The topological polar surface area (TPSA) is 32.7 Å². The molecule has 0 bridgehead atoms. The summed E-state index contributed by atoms with van der Waals surface area (Å²) in [6, 6.07) is 4.96. The van der Waals surface area contributed by atoms with Crippen LogP contribution in [0.4, 0.5) is 0 Å². The zero-order valence-electron chi connectivity index (χ0n) is 10.4. The predicted octanol–water partition coefficient (Wildman–Crippen LogP) is 2.34. The molecule has 0 aromatic heterocycles. The van der Waals surface area contributed by atoms with Gasteiger partial charge in [-0.2, -0.15) is 0 Å². The molecule has 4 heteroatoms. The number of benzene rings is 1. The predicted molar refractivity (Wildman–Crippen MR) is 73.9 cm³/mol. The molecular weight excluding hydrogens is 294 g/mol. The van der Waals surface area contributed by atoms with E-state index in [0.717, 1.165) is 36.3 Å². The molecule has 1 saturated carbocycles. The summed E-state index contributed by atoms with van der Waals surface area (Å²) >= 11 is 3.57. The molecule has 0 amide bonds. The fourth-order valence-corrected chi connectivity index (χ4v) is 3.19. The zero-order chi connectivity index (χ0) is 12.5. The van der Waals surface area contributed by atoms with Crippen LogP contribution >= 0.6 is 15.9 Å². The summed E-state index contributed by atoms with van der Waals surface area (Å²) in [5, 5.41) is 9.16. The largest absolute Gasteiger partial charge is 0.493 e. The third kappa shape index (κ3) is 2.56. The molecule has 1 aromatic carbocycles. The van der Waals surface area contributed by atoms with Crippen LogP contribution in [0.15, 0.2) is 16.6 Å². The molecule has 2 aliphatic rings. The molecule has 3 nitrogen and oxygen atoms in total. The van der Waals surface area contributed by atoms with Gasteiger partial charge in [0.1, 0.15) is 5.75 Å². The molecule has 18 heavy (non-hydrogen) atoms. The zero-order valence-corrected chi connectivity index (χ0v) is 11.9. The molecule has 0 radical (unpaired) electrons. The van der Waals surface area contributed by atoms with Gasteiger partial charge in [-0.05, 0) is 30.5 Å². The van der Waals surface area contributed by atoms with Crippen LogP contribution in [0, 0.1) is 0 Å². The van der Waals surface area contributed by atoms with Crippen molar-refractivity contribution in [1.29, 1.82) is 0 Å². The summed E-state index contributed by atoms with van der Waals surface area (Å²) < 4.78 is 6.88. The molecule has 1 aliphatic heterocycles. The van der Waals surface area contributed by atoms with E-state index < -0.39 is 0 Å². The highest BCUT2D eigenvalue weighted by molar-refractivity contribution is 9.10. The van der Waals surface area contributed by atoms with E-state index in [1.165, 1.54) is 24.0 Å². The van der Waals surface area contributed by atoms with Gasteiger partial charge in [0.25, 0.3) is 0 Å². The second-order valence-electron chi connectivity index (χ2n) is 5.08. The standard InChI is InChI=1S/C14H18BrNO2/c15-12-7-10-3-6-18-14(10)11(8-12)9-16(4-5-17)13-1-2-13/h7-8,13,17H,1-6,9H2. The number of aliphatic hydroxyl groups excluding tert-OH is 1. The molecular formula is C14H18BrNO2. The number of halogens is 1. The summed E-state index contributed by atoms with van der Waals surface area (Å²) in [4.78, 5) is 2.36. The van der Waals surface area contributed by atoms with E-state index in [0.29, 0.717) is 6.04 Å². The van der Waals surface area contributed by atoms with Crippen molar-refractivity contribution in [3.8, 4) is 5.75 Å². The minimum absolute atomic E-state index is 0.230. The fraction of sp³-hybridized carbons (Fsp3) is 0.571. The number of hydrogen-bond donors (Lipinski definition) is 1. The second kappa shape index (κ2) is 5.19. The molecule has 3 rings (SSSR count). The lowest BCUT2D eigenvalue weighted by Gasteiger charge is -2.22. The van der Waals surface area contributed by atoms with Gasteiger partial charge >= 0.3 is 0 Å². The third-order valence-electron chi connectivity index (χ3n) is 3.65. The lowest BCUT2D eigenvalue weighted by atomic mass is 10.1. The Balaban J connectivity index is 1.82. The Morgan fingerprint density at radius 1 is 1.39 bits per heavy atom. The first-order valence-corrected chi connectivity index (χ1v) is 7.36. The van der Waals surface area contributed by atoms with Gasteiger partial charge in [-0.3, -0.25) is 4.90 Å². The Morgan fingerprint density at radius 3 is 2.94 bits per heavy atom. The lowest BCUT2D eigenvalue weighted by molar-refractivity contribution is 0.181. The normalized spacial score (nSPS) is 17.9. The highest BCUT2D eigenvalue weighted by atomic mass is 79.9. The molecule has 0 saturated heterocycles. The smallest absolute Gasteiger partial charge is 0.127 e. The van der Waals surface area contributed by atoms with E-state index in [2.05, 4.69) is 33.0 Å². The lowest BCUT2D eigenvalue weighted by Crippen LogP contribution is -2.28. The van der Waals surface area contributed by atoms with E-state index in [1.807, 2.05) is 0 Å². The van der Waals surface area contributed by atoms with Gasteiger partial charge in [0.2, 0.25) is 0 Å². The molecule has 98 valence electrons. The molecule has 0 spiro atoms. The monoisotopic (exact) mass is 311 g/mol. The number of rotatable bonds is 5. The Kier molecular flexibility index (Phi) is 3.59. The van der Waals surface area contributed by atoms with Gasteiger partial charge in [0, 0.05) is 35.6 Å². The van der Waals surface area contributed by atoms with Crippen molar-refractivity contribution in [1.82, 2.24) is 4.90 Å². The van der Waals surface area contributed by atoms with Crippen molar-refractivity contribution in [3.05, 3.63) is 27.7 Å². The SMILES string of the molecule is OCCN(Cc1cc(Br)cc2c1OCC2)C1CC1. The van der Waals surface area contributed by atoms with Gasteiger partial charge < -0.3 is 9.84 Å². The fourth-order valence-electron chi connectivity index (χ4n) is 2.64. The van der Waals surface area contributed by atoms with Gasteiger partial charge in [0.05, 0.1) is 13.2 Å². The Hall–Kier alpha value is -0.580. The molecule has 1 aliphatic carbocycles. The van der Waals surface area contributed by atoms with Crippen LogP contribution in [0.25, 0.3) is 0 Å². The molecule has 1 heterocycles. The summed E-state index contributed by atoms with van der Waals surface area (Å²) in [5.41, 5.74) is 2.55.